The van der Waals surface area contributed by atoms with Gasteiger partial charge in [-0.15, -0.1) is 0 Å². The number of rotatable bonds is 5. The van der Waals surface area contributed by atoms with E-state index in [-0.39, 0.29) is 5.78 Å². The first-order chi connectivity index (χ1) is 13.5. The number of H-pyrrole nitrogens is 1. The molecule has 1 saturated heterocycles. The van der Waals surface area contributed by atoms with Crippen LogP contribution in [0.15, 0.2) is 42.5 Å². The molecule has 3 aromatic rings. The van der Waals surface area contributed by atoms with Gasteiger partial charge in [0.25, 0.3) is 0 Å². The van der Waals surface area contributed by atoms with Crippen LogP contribution in [0.3, 0.4) is 0 Å². The third kappa shape index (κ3) is 3.73. The number of aromatic amines is 1. The van der Waals surface area contributed by atoms with Gasteiger partial charge in [0.2, 0.25) is 5.78 Å². The molecule has 1 fully saturated rings. The molecule has 0 aliphatic carbocycles. The number of fused-ring (bicyclic) bond motifs is 1. The fraction of sp³-hybridized carbons (Fsp3) is 0.318. The van der Waals surface area contributed by atoms with Crippen LogP contribution in [0.25, 0.3) is 10.9 Å². The van der Waals surface area contributed by atoms with Crippen molar-refractivity contribution in [2.45, 2.75) is 6.92 Å². The van der Waals surface area contributed by atoms with Crippen LogP contribution in [0.2, 0.25) is 5.02 Å². The van der Waals surface area contributed by atoms with Gasteiger partial charge >= 0.3 is 0 Å². The Morgan fingerprint density at radius 3 is 2.71 bits per heavy atom. The summed E-state index contributed by atoms with van der Waals surface area (Å²) >= 11 is 6.11. The highest BCUT2D eigenvalue weighted by Gasteiger charge is 2.25. The lowest BCUT2D eigenvalue weighted by Crippen LogP contribution is -3.15. The van der Waals surface area contributed by atoms with Gasteiger partial charge in [-0.3, -0.25) is 4.79 Å². The monoisotopic (exact) mass is 398 g/mol. The molecule has 0 unspecified atom stereocenters. The Bertz CT molecular complexity index is 1010. The Morgan fingerprint density at radius 2 is 2.00 bits per heavy atom. The number of ketones is 1. The van der Waals surface area contributed by atoms with E-state index in [1.54, 1.807) is 7.11 Å². The maximum absolute atomic E-state index is 13.1. The minimum atomic E-state index is 0.184. The first-order valence-corrected chi connectivity index (χ1v) is 9.96. The highest BCUT2D eigenvalue weighted by molar-refractivity contribution is 6.30. The van der Waals surface area contributed by atoms with E-state index in [0.29, 0.717) is 6.54 Å². The summed E-state index contributed by atoms with van der Waals surface area (Å²) in [5.74, 6) is 0.950. The number of methoxy groups -OCH3 is 1. The zero-order valence-corrected chi connectivity index (χ0v) is 17.0. The van der Waals surface area contributed by atoms with Gasteiger partial charge in [-0.2, -0.15) is 0 Å². The number of quaternary nitrogens is 1. The van der Waals surface area contributed by atoms with Crippen molar-refractivity contribution in [3.8, 4) is 5.75 Å². The van der Waals surface area contributed by atoms with Crippen LogP contribution in [0.4, 0.5) is 5.69 Å². The number of anilines is 1. The lowest BCUT2D eigenvalue weighted by atomic mass is 10.1. The zero-order chi connectivity index (χ0) is 19.7. The highest BCUT2D eigenvalue weighted by atomic mass is 35.5. The van der Waals surface area contributed by atoms with E-state index in [9.17, 15) is 4.79 Å². The Balaban J connectivity index is 1.45. The molecule has 1 aromatic heterocycles. The summed E-state index contributed by atoms with van der Waals surface area (Å²) < 4.78 is 5.33. The first-order valence-electron chi connectivity index (χ1n) is 9.59. The average molecular weight is 399 g/mol. The molecule has 0 spiro atoms. The number of hydrogen-bond acceptors (Lipinski definition) is 3. The Hall–Kier alpha value is -2.50. The summed E-state index contributed by atoms with van der Waals surface area (Å²) in [5, 5.41) is 1.70. The quantitative estimate of drug-likeness (QED) is 0.650. The third-order valence-electron chi connectivity index (χ3n) is 5.53. The number of piperazine rings is 1. The molecule has 0 atom stereocenters. The summed E-state index contributed by atoms with van der Waals surface area (Å²) in [7, 11) is 1.64. The third-order valence-corrected chi connectivity index (χ3v) is 5.76. The maximum atomic E-state index is 13.1. The Labute approximate surface area is 169 Å². The van der Waals surface area contributed by atoms with Crippen LogP contribution < -0.4 is 14.5 Å². The molecule has 4 rings (SSSR count). The van der Waals surface area contributed by atoms with Crippen LogP contribution in [-0.2, 0) is 0 Å². The van der Waals surface area contributed by atoms with Gasteiger partial charge in [0, 0.05) is 27.3 Å². The van der Waals surface area contributed by atoms with E-state index in [1.165, 1.54) is 4.90 Å². The molecule has 5 nitrogen and oxygen atoms in total. The molecule has 2 N–H and O–H groups in total. The van der Waals surface area contributed by atoms with Crippen molar-refractivity contribution in [2.75, 3.05) is 44.7 Å². The standard InChI is InChI=1S/C22H24ClN3O2/c1-15-22(19-13-18(28-2)6-7-20(19)24-15)21(27)14-25-8-10-26(11-9-25)17-5-3-4-16(23)12-17/h3-7,12-13,24H,8-11,14H2,1-2H3/p+1. The van der Waals surface area contributed by atoms with Gasteiger partial charge in [0.1, 0.15) is 12.3 Å². The van der Waals surface area contributed by atoms with Crippen molar-refractivity contribution < 1.29 is 14.4 Å². The summed E-state index contributed by atoms with van der Waals surface area (Å²) in [6.45, 7) is 6.18. The predicted molar refractivity (Wildman–Crippen MR) is 113 cm³/mol. The minimum Gasteiger partial charge on any atom is -0.497 e. The molecular formula is C22H25ClN3O2+. The van der Waals surface area contributed by atoms with E-state index >= 15 is 0 Å². The van der Waals surface area contributed by atoms with Crippen LogP contribution in [0, 0.1) is 6.92 Å². The van der Waals surface area contributed by atoms with Crippen molar-refractivity contribution in [3.63, 3.8) is 0 Å². The normalized spacial score (nSPS) is 15.2. The Kier molecular flexibility index (Phi) is 5.29. The topological polar surface area (TPSA) is 49.8 Å². The number of carbonyl (C=O) groups excluding carboxylic acids is 1. The van der Waals surface area contributed by atoms with Crippen molar-refractivity contribution in [1.29, 1.82) is 0 Å². The van der Waals surface area contributed by atoms with Crippen molar-refractivity contribution in [2.24, 2.45) is 0 Å². The number of aromatic nitrogens is 1. The largest absolute Gasteiger partial charge is 0.497 e. The molecule has 2 heterocycles. The minimum absolute atomic E-state index is 0.184. The summed E-state index contributed by atoms with van der Waals surface area (Å²) in [5.41, 5.74) is 3.84. The summed E-state index contributed by atoms with van der Waals surface area (Å²) in [6, 6.07) is 13.8. The number of hydrogen-bond donors (Lipinski definition) is 2. The summed E-state index contributed by atoms with van der Waals surface area (Å²) in [6.07, 6.45) is 0. The number of carbonyl (C=O) groups is 1. The van der Waals surface area contributed by atoms with Crippen LogP contribution in [-0.4, -0.2) is 50.6 Å². The number of Topliss-reactive ketones (excluding diaryl/α,β-unsaturated/α-hetero) is 1. The van der Waals surface area contributed by atoms with Gasteiger partial charge < -0.3 is 19.5 Å². The molecule has 28 heavy (non-hydrogen) atoms. The van der Waals surface area contributed by atoms with Gasteiger partial charge in [0.05, 0.1) is 38.9 Å². The van der Waals surface area contributed by atoms with E-state index in [2.05, 4.69) is 16.0 Å². The molecule has 1 aliphatic rings. The van der Waals surface area contributed by atoms with Crippen molar-refractivity contribution in [3.05, 3.63) is 58.7 Å². The number of benzene rings is 2. The summed E-state index contributed by atoms with van der Waals surface area (Å²) in [4.78, 5) is 20.1. The second-order valence-electron chi connectivity index (χ2n) is 7.35. The predicted octanol–water partition coefficient (Wildman–Crippen LogP) is 2.73. The second kappa shape index (κ2) is 7.86. The van der Waals surface area contributed by atoms with E-state index in [0.717, 1.165) is 64.8 Å². The number of ether oxygens (including phenoxy) is 1. The van der Waals surface area contributed by atoms with Gasteiger partial charge in [-0.25, -0.2) is 0 Å². The number of halogens is 1. The molecule has 0 amide bonds. The first kappa shape index (κ1) is 18.8. The lowest BCUT2D eigenvalue weighted by molar-refractivity contribution is -0.892. The lowest BCUT2D eigenvalue weighted by Gasteiger charge is -2.33. The zero-order valence-electron chi connectivity index (χ0n) is 16.2. The molecule has 0 bridgehead atoms. The number of nitrogens with one attached hydrogen (secondary N) is 2. The molecule has 6 heteroatoms. The smallest absolute Gasteiger partial charge is 0.219 e. The average Bonchev–Trinajstić information content (AvgIpc) is 3.03. The van der Waals surface area contributed by atoms with E-state index in [1.807, 2.05) is 43.3 Å². The molecule has 146 valence electrons. The molecule has 2 aromatic carbocycles. The van der Waals surface area contributed by atoms with Gasteiger partial charge in [-0.05, 0) is 43.3 Å². The van der Waals surface area contributed by atoms with Crippen LogP contribution in [0.5, 0.6) is 5.75 Å². The van der Waals surface area contributed by atoms with Crippen molar-refractivity contribution >= 4 is 34.0 Å². The van der Waals surface area contributed by atoms with E-state index in [4.69, 9.17) is 16.3 Å². The Morgan fingerprint density at radius 1 is 1.21 bits per heavy atom. The molecule has 0 radical (unpaired) electrons. The van der Waals surface area contributed by atoms with E-state index < -0.39 is 0 Å². The SMILES string of the molecule is COc1ccc2[nH]c(C)c(C(=O)C[NH+]3CCN(c4cccc(Cl)c4)CC3)c2c1. The number of nitrogens with zero attached hydrogens (tertiary/aromatic N) is 1. The molecule has 1 aliphatic heterocycles. The molecule has 0 saturated carbocycles. The fourth-order valence-electron chi connectivity index (χ4n) is 4.04. The fourth-order valence-corrected chi connectivity index (χ4v) is 4.22. The van der Waals surface area contributed by atoms with Crippen molar-refractivity contribution in [1.82, 2.24) is 4.98 Å². The number of aryl methyl sites for hydroxylation is 1. The van der Waals surface area contributed by atoms with Gasteiger partial charge in [0.15, 0.2) is 0 Å². The highest BCUT2D eigenvalue weighted by Crippen LogP contribution is 2.26. The van der Waals surface area contributed by atoms with Crippen LogP contribution >= 0.6 is 11.6 Å². The maximum Gasteiger partial charge on any atom is 0.219 e. The van der Waals surface area contributed by atoms with Crippen LogP contribution in [0.1, 0.15) is 16.1 Å². The second-order valence-corrected chi connectivity index (χ2v) is 7.79. The molecular weight excluding hydrogens is 374 g/mol. The van der Waals surface area contributed by atoms with Gasteiger partial charge in [-0.1, -0.05) is 17.7 Å².